The Hall–Kier alpha value is -3.22. The van der Waals surface area contributed by atoms with E-state index in [-0.39, 0.29) is 11.0 Å². The average molecular weight is 436 g/mol. The van der Waals surface area contributed by atoms with Crippen molar-refractivity contribution in [2.75, 3.05) is 5.32 Å². The van der Waals surface area contributed by atoms with Gasteiger partial charge < -0.3 is 9.73 Å². The van der Waals surface area contributed by atoms with Crippen LogP contribution in [0.3, 0.4) is 0 Å². The molecular weight excluding hydrogens is 418 g/mol. The van der Waals surface area contributed by atoms with E-state index in [9.17, 15) is 4.79 Å². The van der Waals surface area contributed by atoms with Gasteiger partial charge in [-0.2, -0.15) is 0 Å². The van der Waals surface area contributed by atoms with Gasteiger partial charge in [0.05, 0.1) is 0 Å². The Labute approximate surface area is 184 Å². The summed E-state index contributed by atoms with van der Waals surface area (Å²) in [5, 5.41) is 6.39. The summed E-state index contributed by atoms with van der Waals surface area (Å²) in [6, 6.07) is 18.5. The molecule has 0 bridgehead atoms. The lowest BCUT2D eigenvalue weighted by Gasteiger charge is -2.10. The fraction of sp³-hybridized carbons (Fsp3) is 0.0870. The first kappa shape index (κ1) is 20.1. The maximum Gasteiger partial charge on any atom is 0.257 e. The highest BCUT2D eigenvalue weighted by Gasteiger charge is 2.12. The summed E-state index contributed by atoms with van der Waals surface area (Å²) in [5.41, 5.74) is 5.49. The average Bonchev–Trinajstić information content (AvgIpc) is 3.13. The van der Waals surface area contributed by atoms with Crippen LogP contribution in [0, 0.1) is 13.8 Å². The largest absolute Gasteiger partial charge is 0.436 e. The van der Waals surface area contributed by atoms with Crippen molar-refractivity contribution in [3.63, 3.8) is 0 Å². The molecule has 1 amide bonds. The zero-order valence-corrected chi connectivity index (χ0v) is 17.9. The minimum atomic E-state index is -0.333. The lowest BCUT2D eigenvalue weighted by Crippen LogP contribution is -2.34. The van der Waals surface area contributed by atoms with Crippen LogP contribution in [0.2, 0.25) is 5.02 Å². The number of nitrogens with zero attached hydrogens (tertiary/aromatic N) is 1. The molecule has 0 aliphatic heterocycles. The molecule has 3 aromatic carbocycles. The minimum absolute atomic E-state index is 0.182. The van der Waals surface area contributed by atoms with Gasteiger partial charge in [0.15, 0.2) is 10.7 Å². The van der Waals surface area contributed by atoms with Crippen molar-refractivity contribution in [2.24, 2.45) is 0 Å². The number of aryl methyl sites for hydroxylation is 2. The Morgan fingerprint density at radius 2 is 1.90 bits per heavy atom. The topological polar surface area (TPSA) is 67.2 Å². The molecule has 4 aromatic rings. The zero-order valence-electron chi connectivity index (χ0n) is 16.3. The number of benzene rings is 3. The first-order valence-corrected chi connectivity index (χ1v) is 10.0. The Kier molecular flexibility index (Phi) is 5.53. The van der Waals surface area contributed by atoms with E-state index < -0.39 is 0 Å². The van der Waals surface area contributed by atoms with Crippen molar-refractivity contribution in [1.82, 2.24) is 10.3 Å². The second-order valence-corrected chi connectivity index (χ2v) is 7.76. The fourth-order valence-electron chi connectivity index (χ4n) is 2.96. The molecule has 1 aromatic heterocycles. The van der Waals surface area contributed by atoms with Crippen molar-refractivity contribution in [1.29, 1.82) is 0 Å². The SMILES string of the molecule is Cc1ccc2nc(-c3cccc(NC(=S)NC(=O)c4ccc(C)c(Cl)c4)c3)oc2c1. The molecule has 150 valence electrons. The van der Waals surface area contributed by atoms with Gasteiger partial charge >= 0.3 is 0 Å². The van der Waals surface area contributed by atoms with Gasteiger partial charge in [0.1, 0.15) is 5.52 Å². The Bertz CT molecular complexity index is 1280. The van der Waals surface area contributed by atoms with E-state index >= 15 is 0 Å². The van der Waals surface area contributed by atoms with Crippen LogP contribution in [0.5, 0.6) is 0 Å². The lowest BCUT2D eigenvalue weighted by atomic mass is 10.1. The molecule has 0 spiro atoms. The quantitative estimate of drug-likeness (QED) is 0.392. The number of thiocarbonyl (C=S) groups is 1. The number of carbonyl (C=O) groups is 1. The van der Waals surface area contributed by atoms with Gasteiger partial charge in [-0.25, -0.2) is 4.98 Å². The maximum atomic E-state index is 12.4. The molecule has 0 aliphatic rings. The Morgan fingerprint density at radius 1 is 1.07 bits per heavy atom. The highest BCUT2D eigenvalue weighted by molar-refractivity contribution is 7.80. The first-order chi connectivity index (χ1) is 14.4. The van der Waals surface area contributed by atoms with Crippen molar-refractivity contribution in [2.45, 2.75) is 13.8 Å². The molecule has 0 radical (unpaired) electrons. The number of amides is 1. The first-order valence-electron chi connectivity index (χ1n) is 9.25. The number of oxazole rings is 1. The molecule has 0 aliphatic carbocycles. The second kappa shape index (κ2) is 8.26. The van der Waals surface area contributed by atoms with Gasteiger partial charge in [0.2, 0.25) is 5.89 Å². The highest BCUT2D eigenvalue weighted by atomic mass is 35.5. The number of hydrogen-bond donors (Lipinski definition) is 2. The van der Waals surface area contributed by atoms with Crippen molar-refractivity contribution >= 4 is 51.6 Å². The number of fused-ring (bicyclic) bond motifs is 1. The van der Waals surface area contributed by atoms with Gasteiger partial charge in [-0.1, -0.05) is 29.8 Å². The summed E-state index contributed by atoms with van der Waals surface area (Å²) >= 11 is 11.4. The summed E-state index contributed by atoms with van der Waals surface area (Å²) in [7, 11) is 0. The lowest BCUT2D eigenvalue weighted by molar-refractivity contribution is 0.0977. The van der Waals surface area contributed by atoms with E-state index in [2.05, 4.69) is 15.6 Å². The van der Waals surface area contributed by atoms with Gasteiger partial charge in [-0.3, -0.25) is 10.1 Å². The molecule has 4 rings (SSSR count). The summed E-state index contributed by atoms with van der Waals surface area (Å²) in [4.78, 5) is 16.9. The van der Waals surface area contributed by atoms with E-state index in [0.29, 0.717) is 22.2 Å². The monoisotopic (exact) mass is 435 g/mol. The number of hydrogen-bond acceptors (Lipinski definition) is 4. The highest BCUT2D eigenvalue weighted by Crippen LogP contribution is 2.26. The number of rotatable bonds is 3. The minimum Gasteiger partial charge on any atom is -0.436 e. The molecule has 7 heteroatoms. The smallest absolute Gasteiger partial charge is 0.257 e. The zero-order chi connectivity index (χ0) is 21.3. The van der Waals surface area contributed by atoms with E-state index in [1.807, 2.05) is 56.3 Å². The third-order valence-corrected chi connectivity index (χ3v) is 5.18. The van der Waals surface area contributed by atoms with Crippen molar-refractivity contribution in [3.05, 3.63) is 82.4 Å². The third-order valence-electron chi connectivity index (χ3n) is 4.57. The number of nitrogens with one attached hydrogen (secondary N) is 2. The Morgan fingerprint density at radius 3 is 2.70 bits per heavy atom. The van der Waals surface area contributed by atoms with Gasteiger partial charge in [0, 0.05) is 21.8 Å². The predicted molar refractivity (Wildman–Crippen MR) is 124 cm³/mol. The molecule has 5 nitrogen and oxygen atoms in total. The molecule has 1 heterocycles. The number of anilines is 1. The van der Waals surface area contributed by atoms with Crippen molar-refractivity contribution < 1.29 is 9.21 Å². The normalized spacial score (nSPS) is 10.8. The summed E-state index contributed by atoms with van der Waals surface area (Å²) < 4.78 is 5.88. The van der Waals surface area contributed by atoms with Crippen LogP contribution in [-0.2, 0) is 0 Å². The third kappa shape index (κ3) is 4.35. The van der Waals surface area contributed by atoms with Crippen LogP contribution in [0.4, 0.5) is 5.69 Å². The van der Waals surface area contributed by atoms with Gasteiger partial charge in [-0.05, 0) is 79.7 Å². The fourth-order valence-corrected chi connectivity index (χ4v) is 3.35. The molecule has 30 heavy (non-hydrogen) atoms. The van der Waals surface area contributed by atoms with E-state index in [4.69, 9.17) is 28.2 Å². The second-order valence-electron chi connectivity index (χ2n) is 6.94. The summed E-state index contributed by atoms with van der Waals surface area (Å²) in [6.07, 6.45) is 0. The number of halogens is 1. The van der Waals surface area contributed by atoms with E-state index in [0.717, 1.165) is 27.8 Å². The maximum absolute atomic E-state index is 12.4. The van der Waals surface area contributed by atoms with Crippen LogP contribution in [0.1, 0.15) is 21.5 Å². The van der Waals surface area contributed by atoms with E-state index in [1.165, 1.54) is 0 Å². The van der Waals surface area contributed by atoms with Gasteiger partial charge in [0.25, 0.3) is 5.91 Å². The van der Waals surface area contributed by atoms with Crippen molar-refractivity contribution in [3.8, 4) is 11.5 Å². The van der Waals surface area contributed by atoms with Crippen LogP contribution in [0.15, 0.2) is 65.1 Å². The molecule has 0 saturated heterocycles. The number of aromatic nitrogens is 1. The summed E-state index contributed by atoms with van der Waals surface area (Å²) in [5.74, 6) is 0.184. The van der Waals surface area contributed by atoms with E-state index in [1.54, 1.807) is 18.2 Å². The molecule has 0 atom stereocenters. The number of carbonyl (C=O) groups excluding carboxylic acids is 1. The summed E-state index contributed by atoms with van der Waals surface area (Å²) in [6.45, 7) is 3.88. The van der Waals surface area contributed by atoms with Crippen LogP contribution < -0.4 is 10.6 Å². The molecule has 0 fully saturated rings. The van der Waals surface area contributed by atoms with Crippen LogP contribution >= 0.6 is 23.8 Å². The standard InChI is InChI=1S/C23H18ClN3O2S/c1-13-6-9-19-20(10-13)29-22(26-19)16-4-3-5-17(11-16)25-23(30)27-21(28)15-8-7-14(2)18(24)12-15/h3-12H,1-2H3,(H2,25,27,28,30). The van der Waals surface area contributed by atoms with Gasteiger partial charge in [-0.15, -0.1) is 0 Å². The Balaban J connectivity index is 1.48. The molecule has 0 unspecified atom stereocenters. The molecule has 0 saturated carbocycles. The predicted octanol–water partition coefficient (Wildman–Crippen LogP) is 5.89. The van der Waals surface area contributed by atoms with Crippen LogP contribution in [0.25, 0.3) is 22.6 Å². The molecular formula is C23H18ClN3O2S. The van der Waals surface area contributed by atoms with Crippen LogP contribution in [-0.4, -0.2) is 16.0 Å². The molecule has 2 N–H and O–H groups in total.